The van der Waals surface area contributed by atoms with E-state index in [1.165, 1.54) is 70.6 Å². The van der Waals surface area contributed by atoms with Gasteiger partial charge in [0.25, 0.3) is 0 Å². The van der Waals surface area contributed by atoms with Gasteiger partial charge in [0.15, 0.2) is 0 Å². The van der Waals surface area contributed by atoms with Crippen molar-refractivity contribution in [2.45, 2.75) is 174 Å². The van der Waals surface area contributed by atoms with Crippen molar-refractivity contribution >= 4 is 13.7 Å². The van der Waals surface area contributed by atoms with Gasteiger partial charge in [-0.3, -0.25) is 13.8 Å². The molecule has 51 heavy (non-hydrogen) atoms. The first-order valence-electron chi connectivity index (χ1n) is 20.5. The monoisotopic (exact) mass is 740 g/mol. The summed E-state index contributed by atoms with van der Waals surface area (Å²) in [6.45, 7) is 4.66. The van der Waals surface area contributed by atoms with E-state index in [2.05, 4.69) is 55.6 Å². The molecular formula is C42H80N2O6P+. The van der Waals surface area contributed by atoms with Crippen molar-refractivity contribution in [2.75, 3.05) is 40.9 Å². The Morgan fingerprint density at radius 1 is 0.686 bits per heavy atom. The highest BCUT2D eigenvalue weighted by atomic mass is 31.2. The molecule has 0 aromatic heterocycles. The number of carbonyl (C=O) groups is 1. The maximum atomic E-state index is 12.8. The highest BCUT2D eigenvalue weighted by molar-refractivity contribution is 7.47. The van der Waals surface area contributed by atoms with Crippen LogP contribution in [-0.4, -0.2) is 73.4 Å². The minimum atomic E-state index is -4.33. The number of phosphoric acid groups is 1. The molecule has 0 aromatic carbocycles. The molecule has 3 N–H and O–H groups in total. The molecule has 0 radical (unpaired) electrons. The van der Waals surface area contributed by atoms with Crippen LogP contribution in [0.2, 0.25) is 0 Å². The van der Waals surface area contributed by atoms with Gasteiger partial charge in [-0.1, -0.05) is 152 Å². The molecule has 0 aliphatic rings. The Bertz CT molecular complexity index is 975. The minimum Gasteiger partial charge on any atom is -0.387 e. The molecule has 298 valence electrons. The van der Waals surface area contributed by atoms with Crippen molar-refractivity contribution < 1.29 is 32.9 Å². The van der Waals surface area contributed by atoms with Crippen LogP contribution >= 0.6 is 7.82 Å². The Balaban J connectivity index is 4.48. The van der Waals surface area contributed by atoms with Gasteiger partial charge in [-0.05, 0) is 51.4 Å². The first kappa shape index (κ1) is 49.5. The number of quaternary nitrogens is 1. The lowest BCUT2D eigenvalue weighted by molar-refractivity contribution is -0.870. The summed E-state index contributed by atoms with van der Waals surface area (Å²) in [6, 6.07) is -0.850. The predicted octanol–water partition coefficient (Wildman–Crippen LogP) is 10.9. The number of allylic oxidation sites excluding steroid dienone is 7. The van der Waals surface area contributed by atoms with Crippen LogP contribution in [0.3, 0.4) is 0 Å². The molecule has 0 bridgehead atoms. The van der Waals surface area contributed by atoms with Crippen molar-refractivity contribution in [3.05, 3.63) is 48.6 Å². The van der Waals surface area contributed by atoms with Crippen LogP contribution < -0.4 is 5.32 Å². The summed E-state index contributed by atoms with van der Waals surface area (Å²) in [6.07, 6.45) is 41.7. The van der Waals surface area contributed by atoms with Crippen molar-refractivity contribution in [3.63, 3.8) is 0 Å². The Kier molecular flexibility index (Phi) is 33.2. The second kappa shape index (κ2) is 34.2. The van der Waals surface area contributed by atoms with Gasteiger partial charge in [0.05, 0.1) is 39.9 Å². The van der Waals surface area contributed by atoms with Gasteiger partial charge < -0.3 is 19.8 Å². The molecular weight excluding hydrogens is 659 g/mol. The van der Waals surface area contributed by atoms with Crippen LogP contribution in [0, 0.1) is 0 Å². The Morgan fingerprint density at radius 3 is 1.73 bits per heavy atom. The number of nitrogens with zero attached hydrogens (tertiary/aromatic N) is 1. The van der Waals surface area contributed by atoms with Crippen LogP contribution in [0.15, 0.2) is 48.6 Å². The number of phosphoric ester groups is 1. The van der Waals surface area contributed by atoms with E-state index in [-0.39, 0.29) is 19.1 Å². The fourth-order valence-corrected chi connectivity index (χ4v) is 6.26. The maximum absolute atomic E-state index is 12.8. The molecule has 0 aliphatic carbocycles. The zero-order valence-corrected chi connectivity index (χ0v) is 34.5. The topological polar surface area (TPSA) is 105 Å². The summed E-state index contributed by atoms with van der Waals surface area (Å²) >= 11 is 0. The fraction of sp³-hybridized carbons (Fsp3) is 0.786. The standard InChI is InChI=1S/C42H79N2O6P/c1-6-8-10-12-14-16-18-20-21-22-23-24-26-28-30-32-34-36-42(46)43-40(39-50-51(47,48)49-38-37-44(3,4)5)41(45)35-33-31-29-27-25-19-17-15-13-11-9-7-2/h8,10,14,16,20-21,33,35,40-41,45H,6-7,9,11-13,15,17-19,22-32,34,36-39H2,1-5H3,(H-,43,46,47,48)/p+1/b10-8-,16-14-,21-20-,35-33+. The van der Waals surface area contributed by atoms with Crippen LogP contribution in [-0.2, 0) is 18.4 Å². The molecule has 1 amide bonds. The molecule has 0 rings (SSSR count). The number of aliphatic hydroxyl groups is 1. The van der Waals surface area contributed by atoms with Crippen LogP contribution in [0.1, 0.15) is 162 Å². The van der Waals surface area contributed by atoms with E-state index in [0.717, 1.165) is 70.6 Å². The van der Waals surface area contributed by atoms with Crippen LogP contribution in [0.5, 0.6) is 0 Å². The fourth-order valence-electron chi connectivity index (χ4n) is 5.52. The number of hydrogen-bond donors (Lipinski definition) is 3. The van der Waals surface area contributed by atoms with Gasteiger partial charge >= 0.3 is 7.82 Å². The van der Waals surface area contributed by atoms with Gasteiger partial charge in [0.2, 0.25) is 5.91 Å². The van der Waals surface area contributed by atoms with E-state index < -0.39 is 20.0 Å². The smallest absolute Gasteiger partial charge is 0.387 e. The number of aliphatic hydroxyl groups excluding tert-OH is 1. The second-order valence-corrected chi connectivity index (χ2v) is 16.4. The quantitative estimate of drug-likeness (QED) is 0.0256. The van der Waals surface area contributed by atoms with Gasteiger partial charge in [0.1, 0.15) is 13.2 Å². The number of unbranched alkanes of at least 4 members (excludes halogenated alkanes) is 17. The number of amides is 1. The van der Waals surface area contributed by atoms with E-state index in [1.54, 1.807) is 6.08 Å². The largest absolute Gasteiger partial charge is 0.472 e. The van der Waals surface area contributed by atoms with Crippen LogP contribution in [0.25, 0.3) is 0 Å². The van der Waals surface area contributed by atoms with Gasteiger partial charge in [-0.15, -0.1) is 0 Å². The summed E-state index contributed by atoms with van der Waals surface area (Å²) in [5.41, 5.74) is 0. The third-order valence-electron chi connectivity index (χ3n) is 8.80. The average Bonchev–Trinajstić information content (AvgIpc) is 3.07. The van der Waals surface area contributed by atoms with E-state index in [1.807, 2.05) is 27.2 Å². The third kappa shape index (κ3) is 36.6. The zero-order valence-electron chi connectivity index (χ0n) is 33.6. The molecule has 0 fully saturated rings. The summed E-state index contributed by atoms with van der Waals surface area (Å²) in [5.74, 6) is -0.191. The van der Waals surface area contributed by atoms with Crippen molar-refractivity contribution in [1.29, 1.82) is 0 Å². The molecule has 3 atom stereocenters. The number of hydrogen-bond acceptors (Lipinski definition) is 5. The Hall–Kier alpha value is -1.54. The third-order valence-corrected chi connectivity index (χ3v) is 9.79. The number of carbonyl (C=O) groups excluding carboxylic acids is 1. The summed E-state index contributed by atoms with van der Waals surface area (Å²) in [7, 11) is 1.56. The Labute approximate surface area is 314 Å². The van der Waals surface area contributed by atoms with Crippen LogP contribution in [0.4, 0.5) is 0 Å². The lowest BCUT2D eigenvalue weighted by atomic mass is 10.1. The molecule has 0 aliphatic heterocycles. The van der Waals surface area contributed by atoms with E-state index in [4.69, 9.17) is 9.05 Å². The van der Waals surface area contributed by atoms with Gasteiger partial charge in [-0.25, -0.2) is 4.57 Å². The average molecular weight is 740 g/mol. The first-order valence-corrected chi connectivity index (χ1v) is 22.0. The highest BCUT2D eigenvalue weighted by Gasteiger charge is 2.27. The van der Waals surface area contributed by atoms with Gasteiger partial charge in [0, 0.05) is 6.42 Å². The molecule has 0 saturated carbocycles. The maximum Gasteiger partial charge on any atom is 0.472 e. The predicted molar refractivity (Wildman–Crippen MR) is 217 cm³/mol. The van der Waals surface area contributed by atoms with Gasteiger partial charge in [-0.2, -0.15) is 0 Å². The van der Waals surface area contributed by atoms with E-state index >= 15 is 0 Å². The minimum absolute atomic E-state index is 0.0576. The Morgan fingerprint density at radius 2 is 1.18 bits per heavy atom. The molecule has 0 saturated heterocycles. The lowest BCUT2D eigenvalue weighted by Crippen LogP contribution is -2.45. The highest BCUT2D eigenvalue weighted by Crippen LogP contribution is 2.43. The molecule has 0 spiro atoms. The summed E-state index contributed by atoms with van der Waals surface area (Å²) in [5, 5.41) is 13.8. The normalized spacial score (nSPS) is 15.0. The van der Waals surface area contributed by atoms with E-state index in [9.17, 15) is 19.4 Å². The van der Waals surface area contributed by atoms with Crippen molar-refractivity contribution in [1.82, 2.24) is 5.32 Å². The zero-order chi connectivity index (χ0) is 37.9. The molecule has 3 unspecified atom stereocenters. The lowest BCUT2D eigenvalue weighted by Gasteiger charge is -2.25. The van der Waals surface area contributed by atoms with E-state index in [0.29, 0.717) is 17.4 Å². The number of nitrogens with one attached hydrogen (secondary N) is 1. The summed E-state index contributed by atoms with van der Waals surface area (Å²) in [4.78, 5) is 23.0. The molecule has 9 heteroatoms. The first-order chi connectivity index (χ1) is 24.5. The van der Waals surface area contributed by atoms with Crippen molar-refractivity contribution in [3.8, 4) is 0 Å². The molecule has 0 heterocycles. The van der Waals surface area contributed by atoms with Crippen molar-refractivity contribution in [2.24, 2.45) is 0 Å². The molecule has 0 aromatic rings. The number of likely N-dealkylation sites (N-methyl/N-ethyl adjacent to an activating group) is 1. The SMILES string of the molecule is CC/C=C\C/C=C\C/C=C\CCCCCCCCCC(=O)NC(COP(=O)(O)OCC[N+](C)(C)C)C(O)/C=C/CCCCCCCCCCCC. The summed E-state index contributed by atoms with van der Waals surface area (Å²) < 4.78 is 23.5. The number of rotatable bonds is 36. The second-order valence-electron chi connectivity index (χ2n) is 15.0. The molecule has 8 nitrogen and oxygen atoms in total.